The van der Waals surface area contributed by atoms with E-state index >= 15 is 0 Å². The number of aromatic nitrogens is 1. The SMILES string of the molecule is O=C(NS(=O)(=O)c1ccc(NC(=O)C2CCCCC2)cc1)c1ccc(C(=O)NCCO)nc1. The molecule has 0 atom stereocenters. The third-order valence-corrected chi connectivity index (χ3v) is 6.64. The Morgan fingerprint density at radius 1 is 0.970 bits per heavy atom. The average molecular weight is 475 g/mol. The second-order valence-corrected chi connectivity index (χ2v) is 9.38. The third kappa shape index (κ3) is 6.59. The lowest BCUT2D eigenvalue weighted by atomic mass is 9.88. The fourth-order valence-corrected chi connectivity index (χ4v) is 4.46. The molecule has 0 aliphatic heterocycles. The number of pyridine rings is 1. The lowest BCUT2D eigenvalue weighted by molar-refractivity contribution is -0.120. The Bertz CT molecular complexity index is 1090. The van der Waals surface area contributed by atoms with E-state index in [9.17, 15) is 22.8 Å². The summed E-state index contributed by atoms with van der Waals surface area (Å²) < 4.78 is 27.1. The zero-order valence-corrected chi connectivity index (χ0v) is 18.7. The second kappa shape index (κ2) is 11.0. The highest BCUT2D eigenvalue weighted by molar-refractivity contribution is 7.90. The first-order chi connectivity index (χ1) is 15.8. The molecule has 1 aliphatic rings. The van der Waals surface area contributed by atoms with Gasteiger partial charge in [0.1, 0.15) is 5.69 Å². The Morgan fingerprint density at radius 2 is 1.67 bits per heavy atom. The largest absolute Gasteiger partial charge is 0.395 e. The van der Waals surface area contributed by atoms with Gasteiger partial charge in [-0.15, -0.1) is 0 Å². The van der Waals surface area contributed by atoms with E-state index in [0.29, 0.717) is 5.69 Å². The van der Waals surface area contributed by atoms with Crippen molar-refractivity contribution >= 4 is 33.4 Å². The third-order valence-electron chi connectivity index (χ3n) is 5.29. The maximum Gasteiger partial charge on any atom is 0.269 e. The fraction of sp³-hybridized carbons (Fsp3) is 0.364. The van der Waals surface area contributed by atoms with E-state index < -0.39 is 21.8 Å². The Hall–Kier alpha value is -3.31. The van der Waals surface area contributed by atoms with Crippen molar-refractivity contribution in [1.29, 1.82) is 0 Å². The van der Waals surface area contributed by atoms with Crippen LogP contribution in [0.3, 0.4) is 0 Å². The Labute approximate surface area is 191 Å². The summed E-state index contributed by atoms with van der Waals surface area (Å²) in [5.74, 6) is -1.53. The molecule has 3 rings (SSSR count). The number of hydrogen-bond donors (Lipinski definition) is 4. The monoisotopic (exact) mass is 474 g/mol. The van der Waals surface area contributed by atoms with E-state index in [0.717, 1.165) is 38.3 Å². The van der Waals surface area contributed by atoms with Gasteiger partial charge < -0.3 is 15.7 Å². The minimum Gasteiger partial charge on any atom is -0.395 e. The van der Waals surface area contributed by atoms with Crippen molar-refractivity contribution in [3.8, 4) is 0 Å². The summed E-state index contributed by atoms with van der Waals surface area (Å²) in [6.45, 7) is -0.165. The first kappa shape index (κ1) is 24.3. The quantitative estimate of drug-likeness (QED) is 0.451. The van der Waals surface area contributed by atoms with Crippen LogP contribution in [0.2, 0.25) is 0 Å². The lowest BCUT2D eigenvalue weighted by Crippen LogP contribution is -2.31. The molecule has 176 valence electrons. The molecule has 1 aromatic carbocycles. The van der Waals surface area contributed by atoms with Gasteiger partial charge in [-0.1, -0.05) is 19.3 Å². The zero-order valence-electron chi connectivity index (χ0n) is 17.9. The summed E-state index contributed by atoms with van der Waals surface area (Å²) >= 11 is 0. The molecule has 33 heavy (non-hydrogen) atoms. The summed E-state index contributed by atoms with van der Waals surface area (Å²) in [4.78, 5) is 40.2. The molecule has 4 N–H and O–H groups in total. The molecular weight excluding hydrogens is 448 g/mol. The highest BCUT2D eigenvalue weighted by atomic mass is 32.2. The molecule has 1 fully saturated rings. The molecule has 0 unspecified atom stereocenters. The van der Waals surface area contributed by atoms with E-state index in [-0.39, 0.29) is 41.1 Å². The molecule has 1 aliphatic carbocycles. The molecule has 3 amide bonds. The van der Waals surface area contributed by atoms with E-state index in [1.165, 1.54) is 36.4 Å². The normalized spacial score (nSPS) is 14.3. The Kier molecular flexibility index (Phi) is 8.12. The molecule has 0 spiro atoms. The number of aliphatic hydroxyl groups excluding tert-OH is 1. The van der Waals surface area contributed by atoms with E-state index in [2.05, 4.69) is 15.6 Å². The van der Waals surface area contributed by atoms with Crippen LogP contribution < -0.4 is 15.4 Å². The summed E-state index contributed by atoms with van der Waals surface area (Å²) in [6, 6.07) is 8.10. The van der Waals surface area contributed by atoms with Gasteiger partial charge in [-0.2, -0.15) is 0 Å². The molecule has 2 aromatic rings. The summed E-state index contributed by atoms with van der Waals surface area (Å²) in [7, 11) is -4.16. The lowest BCUT2D eigenvalue weighted by Gasteiger charge is -2.20. The number of carbonyl (C=O) groups excluding carboxylic acids is 3. The van der Waals surface area contributed by atoms with Gasteiger partial charge in [-0.25, -0.2) is 13.1 Å². The van der Waals surface area contributed by atoms with Crippen LogP contribution in [0.15, 0.2) is 47.5 Å². The number of aliphatic hydroxyl groups is 1. The molecular formula is C22H26N4O6S. The van der Waals surface area contributed by atoms with Crippen LogP contribution in [0, 0.1) is 5.92 Å². The van der Waals surface area contributed by atoms with Crippen LogP contribution in [-0.4, -0.2) is 49.4 Å². The first-order valence-electron chi connectivity index (χ1n) is 10.6. The van der Waals surface area contributed by atoms with Gasteiger partial charge in [0, 0.05) is 24.3 Å². The number of carbonyl (C=O) groups is 3. The van der Waals surface area contributed by atoms with Crippen LogP contribution >= 0.6 is 0 Å². The number of benzene rings is 1. The van der Waals surface area contributed by atoms with Crippen LogP contribution in [-0.2, 0) is 14.8 Å². The van der Waals surface area contributed by atoms with E-state index in [1.54, 1.807) is 0 Å². The van der Waals surface area contributed by atoms with Gasteiger partial charge in [0.05, 0.1) is 17.1 Å². The van der Waals surface area contributed by atoms with Crippen molar-refractivity contribution in [3.05, 3.63) is 53.9 Å². The van der Waals surface area contributed by atoms with Crippen molar-refractivity contribution < 1.29 is 27.9 Å². The predicted molar refractivity (Wildman–Crippen MR) is 120 cm³/mol. The minimum absolute atomic E-state index is 0.0220. The molecule has 0 radical (unpaired) electrons. The topological polar surface area (TPSA) is 155 Å². The van der Waals surface area contributed by atoms with Gasteiger partial charge in [-0.05, 0) is 49.2 Å². The molecule has 10 nitrogen and oxygen atoms in total. The van der Waals surface area contributed by atoms with E-state index in [1.807, 2.05) is 4.72 Å². The molecule has 1 heterocycles. The van der Waals surface area contributed by atoms with Crippen LogP contribution in [0.4, 0.5) is 5.69 Å². The molecule has 1 saturated carbocycles. The molecule has 0 bridgehead atoms. The Morgan fingerprint density at radius 3 is 2.27 bits per heavy atom. The van der Waals surface area contributed by atoms with Gasteiger partial charge in [0.25, 0.3) is 21.8 Å². The number of nitrogens with one attached hydrogen (secondary N) is 3. The van der Waals surface area contributed by atoms with Crippen molar-refractivity contribution in [2.75, 3.05) is 18.5 Å². The van der Waals surface area contributed by atoms with Crippen LogP contribution in [0.5, 0.6) is 0 Å². The van der Waals surface area contributed by atoms with E-state index in [4.69, 9.17) is 5.11 Å². The van der Waals surface area contributed by atoms with Crippen LogP contribution in [0.1, 0.15) is 53.0 Å². The number of anilines is 1. The summed E-state index contributed by atoms with van der Waals surface area (Å²) in [5.41, 5.74) is 0.456. The molecule has 11 heteroatoms. The standard InChI is InChI=1S/C22H26N4O6S/c27-13-12-23-22(30)19-11-6-16(14-24-19)21(29)26-33(31,32)18-9-7-17(8-10-18)25-20(28)15-4-2-1-3-5-15/h6-11,14-15,27H,1-5,12-13H2,(H,23,30)(H,25,28)(H,26,29). The zero-order chi connectivity index (χ0) is 23.8. The van der Waals surface area contributed by atoms with Gasteiger partial charge >= 0.3 is 0 Å². The number of sulfonamides is 1. The number of nitrogens with zero attached hydrogens (tertiary/aromatic N) is 1. The first-order valence-corrected chi connectivity index (χ1v) is 12.1. The Balaban J connectivity index is 1.60. The maximum atomic E-state index is 12.6. The number of amides is 3. The van der Waals surface area contributed by atoms with Gasteiger partial charge in [-0.3, -0.25) is 19.4 Å². The van der Waals surface area contributed by atoms with Gasteiger partial charge in [0.2, 0.25) is 5.91 Å². The fourth-order valence-electron chi connectivity index (χ4n) is 3.49. The molecule has 0 saturated heterocycles. The summed E-state index contributed by atoms with van der Waals surface area (Å²) in [5, 5.41) is 14.0. The number of rotatable bonds is 8. The van der Waals surface area contributed by atoms with Crippen molar-refractivity contribution in [2.24, 2.45) is 5.92 Å². The maximum absolute atomic E-state index is 12.6. The smallest absolute Gasteiger partial charge is 0.269 e. The van der Waals surface area contributed by atoms with Gasteiger partial charge in [0.15, 0.2) is 0 Å². The highest BCUT2D eigenvalue weighted by Gasteiger charge is 2.22. The van der Waals surface area contributed by atoms with Crippen molar-refractivity contribution in [1.82, 2.24) is 15.0 Å². The van der Waals surface area contributed by atoms with Crippen molar-refractivity contribution in [3.63, 3.8) is 0 Å². The molecule has 1 aromatic heterocycles. The van der Waals surface area contributed by atoms with Crippen molar-refractivity contribution in [2.45, 2.75) is 37.0 Å². The minimum atomic E-state index is -4.16. The van der Waals surface area contributed by atoms with Crippen LogP contribution in [0.25, 0.3) is 0 Å². The number of hydrogen-bond acceptors (Lipinski definition) is 7. The highest BCUT2D eigenvalue weighted by Crippen LogP contribution is 2.25. The second-order valence-electron chi connectivity index (χ2n) is 7.69. The predicted octanol–water partition coefficient (Wildman–Crippen LogP) is 1.44. The summed E-state index contributed by atoms with van der Waals surface area (Å²) in [6.07, 6.45) is 6.00. The average Bonchev–Trinajstić information content (AvgIpc) is 2.83.